The number of hydrogen-bond acceptors (Lipinski definition) is 5. The number of rotatable bonds is 6. The Morgan fingerprint density at radius 2 is 2.00 bits per heavy atom. The first kappa shape index (κ1) is 18.6. The van der Waals surface area contributed by atoms with E-state index in [1.165, 1.54) is 12.1 Å². The fourth-order valence-corrected chi connectivity index (χ4v) is 4.66. The minimum atomic E-state index is -3.49. The Bertz CT molecular complexity index is 908. The number of para-hydroxylation sites is 1. The number of furan rings is 1. The quantitative estimate of drug-likeness (QED) is 0.559. The van der Waals surface area contributed by atoms with E-state index in [1.807, 2.05) is 12.1 Å². The van der Waals surface area contributed by atoms with Crippen LogP contribution in [0.5, 0.6) is 0 Å². The summed E-state index contributed by atoms with van der Waals surface area (Å²) in [5, 5.41) is 2.50. The Hall–Kier alpha value is -1.15. The van der Waals surface area contributed by atoms with Crippen molar-refractivity contribution in [2.45, 2.75) is 20.7 Å². The Morgan fingerprint density at radius 1 is 1.32 bits per heavy atom. The van der Waals surface area contributed by atoms with Gasteiger partial charge >= 0.3 is 0 Å². The van der Waals surface area contributed by atoms with Gasteiger partial charge in [-0.15, -0.1) is 35.0 Å². The van der Waals surface area contributed by atoms with E-state index in [0.29, 0.717) is 5.69 Å². The fourth-order valence-electron chi connectivity index (χ4n) is 2.16. The minimum absolute atomic E-state index is 0.0667. The van der Waals surface area contributed by atoms with Gasteiger partial charge in [-0.05, 0) is 30.7 Å². The Morgan fingerprint density at radius 3 is 2.60 bits per heavy atom. The van der Waals surface area contributed by atoms with Gasteiger partial charge in [0.05, 0.1) is 5.69 Å². The molecule has 1 saturated carbocycles. The molecule has 1 atom stereocenters. The topological polar surface area (TPSA) is 76.4 Å². The molecule has 0 saturated heterocycles. The summed E-state index contributed by atoms with van der Waals surface area (Å²) in [7, 11) is -3.49. The molecule has 3 rings (SSSR count). The third kappa shape index (κ3) is 4.53. The van der Waals surface area contributed by atoms with Crippen molar-refractivity contribution in [3.8, 4) is 0 Å². The maximum absolute atomic E-state index is 12.3. The summed E-state index contributed by atoms with van der Waals surface area (Å²) in [5.41, 5.74) is 0.616. The van der Waals surface area contributed by atoms with E-state index in [9.17, 15) is 13.2 Å². The van der Waals surface area contributed by atoms with E-state index in [4.69, 9.17) is 27.6 Å². The zero-order valence-electron chi connectivity index (χ0n) is 13.2. The number of nitrogens with one attached hydrogen (secondary N) is 1. The molecule has 0 bridgehead atoms. The second-order valence-electron chi connectivity index (χ2n) is 5.81. The van der Waals surface area contributed by atoms with E-state index in [0.717, 1.165) is 23.3 Å². The van der Waals surface area contributed by atoms with E-state index >= 15 is 0 Å². The maximum Gasteiger partial charge on any atom is 0.291 e. The van der Waals surface area contributed by atoms with E-state index in [2.05, 4.69) is 5.32 Å². The molecule has 5 nitrogen and oxygen atoms in total. The molecule has 1 amide bonds. The standard InChI is InChI=1S/C16H15Cl2NO4S2/c1-25(21,22)14-7-6-12(23-14)15(20)19-11-4-2-3-5-13(11)24-9-10-8-16(10,17)18/h2-7,10H,8-9H2,1H3,(H,19,20). The predicted molar refractivity (Wildman–Crippen MR) is 99.5 cm³/mol. The Kier molecular flexibility index (Phi) is 5.12. The van der Waals surface area contributed by atoms with Gasteiger partial charge in [0.15, 0.2) is 5.76 Å². The highest BCUT2D eigenvalue weighted by Crippen LogP contribution is 2.55. The number of carbonyl (C=O) groups is 1. The smallest absolute Gasteiger partial charge is 0.291 e. The van der Waals surface area contributed by atoms with Crippen LogP contribution >= 0.6 is 35.0 Å². The number of hydrogen-bond donors (Lipinski definition) is 1. The number of sulfone groups is 1. The van der Waals surface area contributed by atoms with Gasteiger partial charge in [0.25, 0.3) is 5.91 Å². The molecule has 1 aliphatic rings. The molecule has 9 heteroatoms. The van der Waals surface area contributed by atoms with Crippen LogP contribution in [0.1, 0.15) is 17.0 Å². The first-order valence-electron chi connectivity index (χ1n) is 7.38. The van der Waals surface area contributed by atoms with Gasteiger partial charge in [-0.3, -0.25) is 4.79 Å². The van der Waals surface area contributed by atoms with Crippen molar-refractivity contribution < 1.29 is 17.6 Å². The van der Waals surface area contributed by atoms with Crippen molar-refractivity contribution in [3.63, 3.8) is 0 Å². The van der Waals surface area contributed by atoms with Crippen LogP contribution in [0, 0.1) is 5.92 Å². The van der Waals surface area contributed by atoms with Crippen LogP contribution in [0.2, 0.25) is 0 Å². The van der Waals surface area contributed by atoms with Crippen LogP contribution in [0.15, 0.2) is 50.8 Å². The summed E-state index contributed by atoms with van der Waals surface area (Å²) in [6.45, 7) is 0. The van der Waals surface area contributed by atoms with Crippen molar-refractivity contribution in [3.05, 3.63) is 42.2 Å². The molecule has 1 aromatic carbocycles. The molecule has 1 aromatic heterocycles. The van der Waals surface area contributed by atoms with E-state index in [-0.39, 0.29) is 16.8 Å². The first-order valence-corrected chi connectivity index (χ1v) is 11.0. The summed E-state index contributed by atoms with van der Waals surface area (Å²) in [6, 6.07) is 9.92. The van der Waals surface area contributed by atoms with Gasteiger partial charge in [-0.2, -0.15) is 0 Å². The molecule has 25 heavy (non-hydrogen) atoms. The normalized spacial score (nSPS) is 18.8. The lowest BCUT2D eigenvalue weighted by molar-refractivity contribution is 0.0991. The fraction of sp³-hybridized carbons (Fsp3) is 0.312. The van der Waals surface area contributed by atoms with Gasteiger partial charge < -0.3 is 9.73 Å². The van der Waals surface area contributed by atoms with Crippen LogP contribution in [-0.4, -0.2) is 30.7 Å². The molecule has 0 radical (unpaired) electrons. The number of anilines is 1. The zero-order valence-corrected chi connectivity index (χ0v) is 16.3. The molecule has 134 valence electrons. The third-order valence-electron chi connectivity index (χ3n) is 3.70. The van der Waals surface area contributed by atoms with Crippen LogP contribution in [0.25, 0.3) is 0 Å². The molecule has 0 spiro atoms. The van der Waals surface area contributed by atoms with Crippen molar-refractivity contribution >= 4 is 56.4 Å². The number of alkyl halides is 2. The lowest BCUT2D eigenvalue weighted by Gasteiger charge is -2.10. The van der Waals surface area contributed by atoms with Gasteiger partial charge in [-0.1, -0.05) is 12.1 Å². The average molecular weight is 420 g/mol. The van der Waals surface area contributed by atoms with Crippen LogP contribution in [0.3, 0.4) is 0 Å². The number of thioether (sulfide) groups is 1. The van der Waals surface area contributed by atoms with Crippen LogP contribution in [0.4, 0.5) is 5.69 Å². The van der Waals surface area contributed by atoms with Gasteiger partial charge in [0.2, 0.25) is 14.9 Å². The third-order valence-corrected chi connectivity index (χ3v) is 6.81. The highest BCUT2D eigenvalue weighted by Gasteiger charge is 2.51. The zero-order chi connectivity index (χ0) is 18.2. The molecule has 1 N–H and O–H groups in total. The minimum Gasteiger partial charge on any atom is -0.440 e. The Balaban J connectivity index is 1.70. The SMILES string of the molecule is CS(=O)(=O)c1ccc(C(=O)Nc2ccccc2SCC2CC2(Cl)Cl)o1. The molecular formula is C16H15Cl2NO4S2. The molecule has 1 fully saturated rings. The average Bonchev–Trinajstić information content (AvgIpc) is 2.95. The van der Waals surface area contributed by atoms with Crippen LogP contribution in [-0.2, 0) is 9.84 Å². The highest BCUT2D eigenvalue weighted by molar-refractivity contribution is 7.99. The number of carbonyl (C=O) groups excluding carboxylic acids is 1. The second kappa shape index (κ2) is 6.87. The van der Waals surface area contributed by atoms with Gasteiger partial charge in [0.1, 0.15) is 4.33 Å². The molecule has 1 aliphatic carbocycles. The van der Waals surface area contributed by atoms with Crippen molar-refractivity contribution in [2.24, 2.45) is 5.92 Å². The largest absolute Gasteiger partial charge is 0.440 e. The van der Waals surface area contributed by atoms with Crippen molar-refractivity contribution in [2.75, 3.05) is 17.3 Å². The van der Waals surface area contributed by atoms with E-state index < -0.39 is 20.1 Å². The summed E-state index contributed by atoms with van der Waals surface area (Å²) < 4.78 is 27.4. The summed E-state index contributed by atoms with van der Waals surface area (Å²) in [6.07, 6.45) is 1.78. The van der Waals surface area contributed by atoms with Crippen molar-refractivity contribution in [1.82, 2.24) is 0 Å². The summed E-state index contributed by atoms with van der Waals surface area (Å²) >= 11 is 13.6. The lowest BCUT2D eigenvalue weighted by atomic mass is 10.3. The lowest BCUT2D eigenvalue weighted by Crippen LogP contribution is -2.11. The number of amides is 1. The molecule has 1 heterocycles. The maximum atomic E-state index is 12.3. The number of benzene rings is 1. The monoisotopic (exact) mass is 419 g/mol. The summed E-state index contributed by atoms with van der Waals surface area (Å²) in [5.74, 6) is 0.395. The second-order valence-corrected chi connectivity index (χ2v) is 10.4. The van der Waals surface area contributed by atoms with Gasteiger partial charge in [-0.25, -0.2) is 8.42 Å². The molecule has 1 unspecified atom stereocenters. The first-order chi connectivity index (χ1) is 11.7. The summed E-state index contributed by atoms with van der Waals surface area (Å²) in [4.78, 5) is 13.2. The van der Waals surface area contributed by atoms with Gasteiger partial charge in [0, 0.05) is 22.8 Å². The molecule has 0 aliphatic heterocycles. The van der Waals surface area contributed by atoms with Crippen LogP contribution < -0.4 is 5.32 Å². The highest BCUT2D eigenvalue weighted by atomic mass is 35.5. The molecular weight excluding hydrogens is 405 g/mol. The predicted octanol–water partition coefficient (Wildman–Crippen LogP) is 4.22. The van der Waals surface area contributed by atoms with E-state index in [1.54, 1.807) is 23.9 Å². The van der Waals surface area contributed by atoms with Crippen molar-refractivity contribution in [1.29, 1.82) is 0 Å². The number of halogens is 2. The Labute approximate surface area is 160 Å². The molecule has 2 aromatic rings.